The summed E-state index contributed by atoms with van der Waals surface area (Å²) in [7, 11) is 0. The number of hydrogen-bond acceptors (Lipinski definition) is 5. The Morgan fingerprint density at radius 2 is 1.75 bits per heavy atom. The quantitative estimate of drug-likeness (QED) is 0.452. The van der Waals surface area contributed by atoms with Crippen molar-refractivity contribution in [1.82, 2.24) is 15.5 Å². The predicted molar refractivity (Wildman–Crippen MR) is 138 cm³/mol. The van der Waals surface area contributed by atoms with E-state index in [9.17, 15) is 19.2 Å². The van der Waals surface area contributed by atoms with Crippen LogP contribution in [0, 0.1) is 19.8 Å². The van der Waals surface area contributed by atoms with E-state index in [0.29, 0.717) is 0 Å². The number of alkyl carbamates (subject to hydrolysis) is 1. The first-order valence-electron chi connectivity index (χ1n) is 12.6. The molecule has 4 atom stereocenters. The van der Waals surface area contributed by atoms with Gasteiger partial charge in [0.05, 0.1) is 0 Å². The third kappa shape index (κ3) is 8.24. The predicted octanol–water partition coefficient (Wildman–Crippen LogP) is 3.26. The van der Waals surface area contributed by atoms with Crippen molar-refractivity contribution in [3.8, 4) is 0 Å². The number of ether oxygens (including phenoxy) is 1. The van der Waals surface area contributed by atoms with E-state index in [1.807, 2.05) is 52.8 Å². The van der Waals surface area contributed by atoms with Gasteiger partial charge in [0.2, 0.25) is 17.7 Å². The molecular weight excluding hydrogens is 460 g/mol. The van der Waals surface area contributed by atoms with Crippen molar-refractivity contribution in [2.45, 2.75) is 104 Å². The summed E-state index contributed by atoms with van der Waals surface area (Å²) < 4.78 is 5.36. The number of rotatable bonds is 10. The number of primary amides is 1. The van der Waals surface area contributed by atoms with Crippen LogP contribution in [0.5, 0.6) is 0 Å². The number of nitrogens with zero attached hydrogens (tertiary/aromatic N) is 1. The molecule has 4 N–H and O–H groups in total. The Kier molecular flexibility index (Phi) is 9.51. The first-order chi connectivity index (χ1) is 16.6. The Hall–Kier alpha value is -3.10. The van der Waals surface area contributed by atoms with Gasteiger partial charge in [-0.1, -0.05) is 30.7 Å². The second-order valence-electron chi connectivity index (χ2n) is 11.2. The van der Waals surface area contributed by atoms with Crippen molar-refractivity contribution < 1.29 is 23.9 Å². The zero-order chi connectivity index (χ0) is 27.4. The third-order valence-electron chi connectivity index (χ3n) is 6.02. The topological polar surface area (TPSA) is 131 Å². The number of hydrogen-bond donors (Lipinski definition) is 3. The highest BCUT2D eigenvalue weighted by atomic mass is 16.6. The summed E-state index contributed by atoms with van der Waals surface area (Å²) in [5.41, 5.74) is 7.24. The summed E-state index contributed by atoms with van der Waals surface area (Å²) in [5.74, 6) is -1.14. The molecule has 1 aromatic carbocycles. The fourth-order valence-corrected chi connectivity index (χ4v) is 4.26. The van der Waals surface area contributed by atoms with E-state index in [-0.39, 0.29) is 36.8 Å². The smallest absolute Gasteiger partial charge is 0.408 e. The number of amides is 4. The Balaban J connectivity index is 2.53. The van der Waals surface area contributed by atoms with Crippen LogP contribution < -0.4 is 16.4 Å². The van der Waals surface area contributed by atoms with Gasteiger partial charge < -0.3 is 26.0 Å². The van der Waals surface area contributed by atoms with E-state index in [0.717, 1.165) is 23.1 Å². The molecule has 1 saturated carbocycles. The van der Waals surface area contributed by atoms with Crippen molar-refractivity contribution >= 4 is 23.8 Å². The van der Waals surface area contributed by atoms with E-state index < -0.39 is 35.6 Å². The minimum absolute atomic E-state index is 0.00356. The molecule has 4 unspecified atom stereocenters. The molecule has 200 valence electrons. The van der Waals surface area contributed by atoms with Crippen LogP contribution in [0.15, 0.2) is 18.2 Å². The van der Waals surface area contributed by atoms with E-state index in [1.54, 1.807) is 25.7 Å². The Labute approximate surface area is 214 Å². The zero-order valence-corrected chi connectivity index (χ0v) is 22.8. The van der Waals surface area contributed by atoms with Gasteiger partial charge in [0.1, 0.15) is 17.7 Å². The molecule has 0 heterocycles. The molecule has 9 nitrogen and oxygen atoms in total. The van der Waals surface area contributed by atoms with Gasteiger partial charge in [0.15, 0.2) is 0 Å². The van der Waals surface area contributed by atoms with Gasteiger partial charge in [-0.3, -0.25) is 14.4 Å². The van der Waals surface area contributed by atoms with Crippen LogP contribution >= 0.6 is 0 Å². The van der Waals surface area contributed by atoms with Gasteiger partial charge >= 0.3 is 6.09 Å². The number of aryl methyl sites for hydroxylation is 2. The molecule has 0 bridgehead atoms. The summed E-state index contributed by atoms with van der Waals surface area (Å²) in [5, 5.41) is 5.58. The number of nitrogens with one attached hydrogen (secondary N) is 2. The lowest BCUT2D eigenvalue weighted by atomic mass is 9.95. The molecular formula is C27H42N4O5. The maximum absolute atomic E-state index is 14.1. The van der Waals surface area contributed by atoms with Gasteiger partial charge in [-0.15, -0.1) is 0 Å². The van der Waals surface area contributed by atoms with E-state index in [2.05, 4.69) is 10.6 Å². The molecule has 1 aliphatic carbocycles. The first kappa shape index (κ1) is 29.1. The van der Waals surface area contributed by atoms with E-state index >= 15 is 0 Å². The molecule has 4 amide bonds. The SMILES string of the molecule is Cc1ccc(C(C(=O)NC(C)C)N(C(=O)C(CCC(N)=O)NC(=O)OC(C)(C)C)C2CC2C)c(C)c1. The van der Waals surface area contributed by atoms with Crippen LogP contribution in [0.1, 0.15) is 83.5 Å². The van der Waals surface area contributed by atoms with Crippen molar-refractivity contribution in [1.29, 1.82) is 0 Å². The molecule has 0 saturated heterocycles. The van der Waals surface area contributed by atoms with Crippen LogP contribution in [0.4, 0.5) is 4.79 Å². The molecule has 36 heavy (non-hydrogen) atoms. The second-order valence-corrected chi connectivity index (χ2v) is 11.2. The normalized spacial score (nSPS) is 18.7. The Bertz CT molecular complexity index is 985. The fourth-order valence-electron chi connectivity index (χ4n) is 4.26. The van der Waals surface area contributed by atoms with Gasteiger partial charge in [-0.05, 0) is 78.4 Å². The van der Waals surface area contributed by atoms with Gasteiger partial charge in [-0.2, -0.15) is 0 Å². The number of nitrogens with two attached hydrogens (primary N) is 1. The number of carbonyl (C=O) groups excluding carboxylic acids is 4. The number of carbonyl (C=O) groups is 4. The molecule has 1 fully saturated rings. The highest BCUT2D eigenvalue weighted by Gasteiger charge is 2.48. The van der Waals surface area contributed by atoms with Crippen molar-refractivity contribution in [2.24, 2.45) is 11.7 Å². The van der Waals surface area contributed by atoms with Crippen molar-refractivity contribution in [2.75, 3.05) is 0 Å². The fraction of sp³-hybridized carbons (Fsp3) is 0.630. The highest BCUT2D eigenvalue weighted by molar-refractivity contribution is 5.93. The molecule has 0 aromatic heterocycles. The maximum atomic E-state index is 14.1. The average molecular weight is 503 g/mol. The van der Waals surface area contributed by atoms with Gasteiger partial charge in [0.25, 0.3) is 0 Å². The summed E-state index contributed by atoms with van der Waals surface area (Å²) in [6, 6.07) is 3.48. The molecule has 9 heteroatoms. The minimum atomic E-state index is -1.08. The summed E-state index contributed by atoms with van der Waals surface area (Å²) >= 11 is 0. The molecule has 0 radical (unpaired) electrons. The van der Waals surface area contributed by atoms with Crippen molar-refractivity contribution in [3.63, 3.8) is 0 Å². The van der Waals surface area contributed by atoms with Gasteiger partial charge in [-0.25, -0.2) is 4.79 Å². The van der Waals surface area contributed by atoms with Crippen LogP contribution in [0.25, 0.3) is 0 Å². The maximum Gasteiger partial charge on any atom is 0.408 e. The highest BCUT2D eigenvalue weighted by Crippen LogP contribution is 2.41. The van der Waals surface area contributed by atoms with Crippen LogP contribution in [0.3, 0.4) is 0 Å². The molecule has 1 aromatic rings. The average Bonchev–Trinajstić information content (AvgIpc) is 3.43. The first-order valence-corrected chi connectivity index (χ1v) is 12.6. The molecule has 1 aliphatic rings. The Morgan fingerprint density at radius 1 is 1.14 bits per heavy atom. The van der Waals surface area contributed by atoms with Crippen molar-refractivity contribution in [3.05, 3.63) is 34.9 Å². The van der Waals surface area contributed by atoms with Crippen LogP contribution in [-0.2, 0) is 19.1 Å². The lowest BCUT2D eigenvalue weighted by molar-refractivity contribution is -0.144. The van der Waals surface area contributed by atoms with Gasteiger partial charge in [0, 0.05) is 18.5 Å². The minimum Gasteiger partial charge on any atom is -0.444 e. The van der Waals surface area contributed by atoms with Crippen LogP contribution in [0.2, 0.25) is 0 Å². The largest absolute Gasteiger partial charge is 0.444 e. The lowest BCUT2D eigenvalue weighted by Crippen LogP contribution is -2.54. The summed E-state index contributed by atoms with van der Waals surface area (Å²) in [6.45, 7) is 14.8. The zero-order valence-electron chi connectivity index (χ0n) is 22.8. The third-order valence-corrected chi connectivity index (χ3v) is 6.02. The summed E-state index contributed by atoms with van der Waals surface area (Å²) in [6.07, 6.45) is -0.149. The van der Waals surface area contributed by atoms with E-state index in [1.165, 1.54) is 0 Å². The lowest BCUT2D eigenvalue weighted by Gasteiger charge is -2.36. The molecule has 2 rings (SSSR count). The van der Waals surface area contributed by atoms with E-state index in [4.69, 9.17) is 10.5 Å². The molecule has 0 spiro atoms. The van der Waals surface area contributed by atoms with Crippen LogP contribution in [-0.4, -0.2) is 52.4 Å². The summed E-state index contributed by atoms with van der Waals surface area (Å²) in [4.78, 5) is 53.4. The second kappa shape index (κ2) is 11.8. The number of benzene rings is 1. The Morgan fingerprint density at radius 3 is 2.22 bits per heavy atom. The monoisotopic (exact) mass is 502 g/mol. The standard InChI is InChI=1S/C27H42N4O5/c1-15(2)29-24(33)23(19-10-9-16(3)13-17(19)4)31(21-14-18(21)5)25(34)20(11-12-22(28)32)30-26(35)36-27(6,7)8/h9-10,13,15,18,20-21,23H,11-12,14H2,1-8H3,(H2,28,32)(H,29,33)(H,30,35). The molecule has 0 aliphatic heterocycles.